The van der Waals surface area contributed by atoms with Crippen LogP contribution in [0.1, 0.15) is 19.8 Å². The monoisotopic (exact) mass is 267 g/mol. The minimum Gasteiger partial charge on any atom is -0.372 e. The number of morpholine rings is 1. The van der Waals surface area contributed by atoms with Gasteiger partial charge in [-0.2, -0.15) is 0 Å². The zero-order valence-corrected chi connectivity index (χ0v) is 9.00. The van der Waals surface area contributed by atoms with Crippen molar-refractivity contribution in [2.45, 2.75) is 29.4 Å². The highest BCUT2D eigenvalue weighted by Gasteiger charge is 2.47. The molecular formula is C8H14INO. The molecule has 1 aliphatic heterocycles. The van der Waals surface area contributed by atoms with E-state index in [0.717, 1.165) is 19.7 Å². The van der Waals surface area contributed by atoms with Crippen molar-refractivity contribution in [3.05, 3.63) is 0 Å². The molecule has 1 heterocycles. The largest absolute Gasteiger partial charge is 0.372 e. The molecule has 1 atom stereocenters. The van der Waals surface area contributed by atoms with Gasteiger partial charge in [0.15, 0.2) is 0 Å². The van der Waals surface area contributed by atoms with Crippen molar-refractivity contribution in [2.24, 2.45) is 0 Å². The molecule has 2 aliphatic rings. The Morgan fingerprint density at radius 3 is 2.82 bits per heavy atom. The highest BCUT2D eigenvalue weighted by molar-refractivity contribution is 14.1. The molecule has 0 bridgehead atoms. The second-order valence-electron chi connectivity index (χ2n) is 3.58. The van der Waals surface area contributed by atoms with Gasteiger partial charge in [0.05, 0.1) is 16.3 Å². The predicted octanol–water partition coefficient (Wildman–Crippen LogP) is 1.63. The van der Waals surface area contributed by atoms with Crippen molar-refractivity contribution in [1.82, 2.24) is 4.90 Å². The first-order valence-corrected chi connectivity index (χ1v) is 5.49. The van der Waals surface area contributed by atoms with Crippen LogP contribution in [0.25, 0.3) is 0 Å². The molecule has 11 heavy (non-hydrogen) atoms. The Morgan fingerprint density at radius 2 is 2.27 bits per heavy atom. The van der Waals surface area contributed by atoms with Crippen LogP contribution in [0.5, 0.6) is 0 Å². The lowest BCUT2D eigenvalue weighted by molar-refractivity contribution is -0.0462. The molecule has 0 aromatic rings. The number of ether oxygens (including phenoxy) is 1. The fourth-order valence-electron chi connectivity index (χ4n) is 1.62. The minimum absolute atomic E-state index is 0.303. The second kappa shape index (κ2) is 2.85. The van der Waals surface area contributed by atoms with Gasteiger partial charge >= 0.3 is 0 Å². The van der Waals surface area contributed by atoms with Gasteiger partial charge in [-0.05, 0) is 19.8 Å². The molecule has 0 amide bonds. The standard InChI is InChI=1S/C8H14INO/c1-7(9)10-4-5-11-8(6-10)2-3-8/h7H,2-6H2,1H3. The normalized spacial score (nSPS) is 32.2. The van der Waals surface area contributed by atoms with Crippen molar-refractivity contribution in [3.8, 4) is 0 Å². The Balaban J connectivity index is 1.93. The van der Waals surface area contributed by atoms with Crippen molar-refractivity contribution < 1.29 is 4.74 Å². The highest BCUT2D eigenvalue weighted by atomic mass is 127. The molecule has 2 rings (SSSR count). The lowest BCUT2D eigenvalue weighted by Gasteiger charge is -2.34. The first-order chi connectivity index (χ1) is 5.22. The van der Waals surface area contributed by atoms with Crippen molar-refractivity contribution in [1.29, 1.82) is 0 Å². The highest BCUT2D eigenvalue weighted by Crippen LogP contribution is 2.42. The summed E-state index contributed by atoms with van der Waals surface area (Å²) in [7, 11) is 0. The fourth-order valence-corrected chi connectivity index (χ4v) is 2.10. The van der Waals surface area contributed by atoms with Gasteiger partial charge in [-0.1, -0.05) is 22.6 Å². The Hall–Kier alpha value is 0.650. The molecule has 0 aromatic heterocycles. The molecule has 2 fully saturated rings. The van der Waals surface area contributed by atoms with Crippen LogP contribution in [0.15, 0.2) is 0 Å². The quantitative estimate of drug-likeness (QED) is 0.407. The maximum atomic E-state index is 5.71. The molecule has 1 spiro atoms. The maximum absolute atomic E-state index is 5.71. The molecule has 0 aromatic carbocycles. The Kier molecular flexibility index (Phi) is 2.14. The van der Waals surface area contributed by atoms with Crippen LogP contribution in [0.2, 0.25) is 0 Å². The van der Waals surface area contributed by atoms with Gasteiger partial charge in [-0.25, -0.2) is 0 Å². The first kappa shape index (κ1) is 8.26. The predicted molar refractivity (Wildman–Crippen MR) is 53.0 cm³/mol. The summed E-state index contributed by atoms with van der Waals surface area (Å²) in [5, 5.41) is 0. The molecule has 3 heteroatoms. The molecule has 1 saturated carbocycles. The van der Waals surface area contributed by atoms with E-state index >= 15 is 0 Å². The third-order valence-corrected chi connectivity index (χ3v) is 3.38. The smallest absolute Gasteiger partial charge is 0.0812 e. The van der Waals surface area contributed by atoms with E-state index in [1.165, 1.54) is 12.8 Å². The lowest BCUT2D eigenvalue weighted by Crippen LogP contribution is -2.46. The third kappa shape index (κ3) is 1.70. The lowest BCUT2D eigenvalue weighted by atomic mass is 10.2. The summed E-state index contributed by atoms with van der Waals surface area (Å²) in [5.74, 6) is 0. The molecule has 1 saturated heterocycles. The average Bonchev–Trinajstić information content (AvgIpc) is 2.69. The van der Waals surface area contributed by atoms with Crippen LogP contribution in [-0.4, -0.2) is 34.2 Å². The van der Waals surface area contributed by atoms with Gasteiger partial charge in [0.2, 0.25) is 0 Å². The second-order valence-corrected chi connectivity index (χ2v) is 5.38. The average molecular weight is 267 g/mol. The van der Waals surface area contributed by atoms with E-state index in [0.29, 0.717) is 9.65 Å². The van der Waals surface area contributed by atoms with E-state index in [1.54, 1.807) is 0 Å². The van der Waals surface area contributed by atoms with Crippen molar-refractivity contribution in [2.75, 3.05) is 19.7 Å². The van der Waals surface area contributed by atoms with Gasteiger partial charge in [0, 0.05) is 13.1 Å². The SMILES string of the molecule is CC(I)N1CCOC2(CC2)C1. The molecule has 0 radical (unpaired) electrons. The van der Waals surface area contributed by atoms with Crippen molar-refractivity contribution >= 4 is 22.6 Å². The molecule has 0 N–H and O–H groups in total. The Labute approximate surface area is 81.4 Å². The van der Waals surface area contributed by atoms with E-state index in [-0.39, 0.29) is 0 Å². The zero-order chi connectivity index (χ0) is 7.90. The maximum Gasteiger partial charge on any atom is 0.0812 e. The Morgan fingerprint density at radius 1 is 1.55 bits per heavy atom. The third-order valence-electron chi connectivity index (χ3n) is 2.59. The number of hydrogen-bond acceptors (Lipinski definition) is 2. The molecule has 64 valence electrons. The molecule has 1 unspecified atom stereocenters. The Bertz CT molecular complexity index is 156. The zero-order valence-electron chi connectivity index (χ0n) is 6.85. The summed E-state index contributed by atoms with van der Waals surface area (Å²) in [6.07, 6.45) is 2.57. The summed E-state index contributed by atoms with van der Waals surface area (Å²) < 4.78 is 6.37. The van der Waals surface area contributed by atoms with Crippen LogP contribution in [0.3, 0.4) is 0 Å². The minimum atomic E-state index is 0.303. The van der Waals surface area contributed by atoms with Gasteiger partial charge in [0.1, 0.15) is 0 Å². The van der Waals surface area contributed by atoms with Gasteiger partial charge in [0.25, 0.3) is 0 Å². The van der Waals surface area contributed by atoms with Crippen LogP contribution < -0.4 is 0 Å². The number of halogens is 1. The van der Waals surface area contributed by atoms with E-state index in [2.05, 4.69) is 34.4 Å². The summed E-state index contributed by atoms with van der Waals surface area (Å²) in [4.78, 5) is 2.51. The van der Waals surface area contributed by atoms with E-state index in [4.69, 9.17) is 4.74 Å². The fraction of sp³-hybridized carbons (Fsp3) is 1.00. The van der Waals surface area contributed by atoms with E-state index in [9.17, 15) is 0 Å². The van der Waals surface area contributed by atoms with E-state index < -0.39 is 0 Å². The molecule has 2 nitrogen and oxygen atoms in total. The summed E-state index contributed by atoms with van der Waals surface area (Å²) in [6, 6.07) is 0. The van der Waals surface area contributed by atoms with Crippen LogP contribution in [0.4, 0.5) is 0 Å². The van der Waals surface area contributed by atoms with Gasteiger partial charge < -0.3 is 4.74 Å². The topological polar surface area (TPSA) is 12.5 Å². The summed E-state index contributed by atoms with van der Waals surface area (Å²) in [5.41, 5.74) is 0.303. The first-order valence-electron chi connectivity index (χ1n) is 4.24. The number of nitrogens with zero attached hydrogens (tertiary/aromatic N) is 1. The molecular weight excluding hydrogens is 253 g/mol. The van der Waals surface area contributed by atoms with Crippen LogP contribution in [0, 0.1) is 0 Å². The van der Waals surface area contributed by atoms with E-state index in [1.807, 2.05) is 0 Å². The van der Waals surface area contributed by atoms with Crippen LogP contribution >= 0.6 is 22.6 Å². The number of alkyl halides is 1. The van der Waals surface area contributed by atoms with Crippen molar-refractivity contribution in [3.63, 3.8) is 0 Å². The number of hydrogen-bond donors (Lipinski definition) is 0. The number of rotatable bonds is 1. The summed E-state index contributed by atoms with van der Waals surface area (Å²) >= 11 is 2.48. The van der Waals surface area contributed by atoms with Crippen LogP contribution in [-0.2, 0) is 4.74 Å². The molecule has 1 aliphatic carbocycles. The van der Waals surface area contributed by atoms with Gasteiger partial charge in [-0.3, -0.25) is 4.90 Å². The van der Waals surface area contributed by atoms with Gasteiger partial charge in [-0.15, -0.1) is 0 Å². The summed E-state index contributed by atoms with van der Waals surface area (Å²) in [6.45, 7) is 5.47.